The Morgan fingerprint density at radius 2 is 1.63 bits per heavy atom. The summed E-state index contributed by atoms with van der Waals surface area (Å²) in [5, 5.41) is 9.42. The second-order valence-electron chi connectivity index (χ2n) is 7.22. The van der Waals surface area contributed by atoms with E-state index in [0.29, 0.717) is 17.9 Å². The lowest BCUT2D eigenvalue weighted by atomic mass is 9.99. The van der Waals surface area contributed by atoms with Crippen molar-refractivity contribution in [2.24, 2.45) is 0 Å². The van der Waals surface area contributed by atoms with Gasteiger partial charge in [0.1, 0.15) is 11.6 Å². The summed E-state index contributed by atoms with van der Waals surface area (Å²) >= 11 is 0. The van der Waals surface area contributed by atoms with Crippen LogP contribution in [0.25, 0.3) is 22.2 Å². The van der Waals surface area contributed by atoms with Gasteiger partial charge in [0, 0.05) is 12.8 Å². The third-order valence-corrected chi connectivity index (χ3v) is 5.67. The highest BCUT2D eigenvalue weighted by Crippen LogP contribution is 2.25. The maximum Gasteiger partial charge on any atom is 0.336 e. The highest BCUT2D eigenvalue weighted by molar-refractivity contribution is 7.89. The summed E-state index contributed by atoms with van der Waals surface area (Å²) in [5.41, 5.74) is 4.30. The van der Waals surface area contributed by atoms with Crippen LogP contribution in [-0.4, -0.2) is 35.3 Å². The van der Waals surface area contributed by atoms with Crippen LogP contribution in [0.1, 0.15) is 21.7 Å². The van der Waals surface area contributed by atoms with Gasteiger partial charge in [0.25, 0.3) is 0 Å². The molecular weight excluding hydrogens is 400 g/mol. The van der Waals surface area contributed by atoms with E-state index in [1.54, 1.807) is 18.2 Å². The molecule has 3 aromatic carbocycles. The van der Waals surface area contributed by atoms with Crippen LogP contribution >= 0.6 is 0 Å². The first-order valence-corrected chi connectivity index (χ1v) is 11.4. The predicted octanol–water partition coefficient (Wildman–Crippen LogP) is 3.99. The number of carboxylic acids is 1. The van der Waals surface area contributed by atoms with Gasteiger partial charge in [-0.1, -0.05) is 54.6 Å². The van der Waals surface area contributed by atoms with Crippen molar-refractivity contribution < 1.29 is 18.3 Å². The Labute approximate surface area is 174 Å². The Morgan fingerprint density at radius 3 is 2.33 bits per heavy atom. The van der Waals surface area contributed by atoms with Crippen LogP contribution in [0.5, 0.6) is 0 Å². The number of para-hydroxylation sites is 2. The average molecular weight is 420 g/mol. The Bertz CT molecular complexity index is 1340. The quantitative estimate of drug-likeness (QED) is 0.509. The molecule has 4 rings (SSSR count). The van der Waals surface area contributed by atoms with E-state index in [0.717, 1.165) is 22.2 Å². The molecule has 0 bridgehead atoms. The summed E-state index contributed by atoms with van der Waals surface area (Å²) in [6.07, 6.45) is 1.20. The first kappa shape index (κ1) is 19.8. The van der Waals surface area contributed by atoms with Gasteiger partial charge in [-0.3, -0.25) is 0 Å². The number of fused-ring (bicyclic) bond motifs is 1. The van der Waals surface area contributed by atoms with Crippen molar-refractivity contribution in [1.29, 1.82) is 0 Å². The van der Waals surface area contributed by atoms with E-state index < -0.39 is 15.8 Å². The smallest absolute Gasteiger partial charge is 0.336 e. The van der Waals surface area contributed by atoms with Gasteiger partial charge in [0.15, 0.2) is 9.84 Å². The number of aromatic carboxylic acids is 1. The molecule has 1 aromatic heterocycles. The SMILES string of the molecule is CS(=O)(=O)Cc1nc2ccccc2n1Cc1ccc(-c2ccccc2C(=O)O)cc1. The fourth-order valence-corrected chi connectivity index (χ4v) is 4.23. The van der Waals surface area contributed by atoms with Gasteiger partial charge in [-0.2, -0.15) is 0 Å². The zero-order valence-corrected chi connectivity index (χ0v) is 17.1. The Kier molecular flexibility index (Phi) is 5.13. The highest BCUT2D eigenvalue weighted by Gasteiger charge is 2.16. The monoisotopic (exact) mass is 420 g/mol. The van der Waals surface area contributed by atoms with E-state index >= 15 is 0 Å². The van der Waals surface area contributed by atoms with E-state index in [2.05, 4.69) is 4.98 Å². The maximum absolute atomic E-state index is 11.9. The second-order valence-corrected chi connectivity index (χ2v) is 9.36. The largest absolute Gasteiger partial charge is 0.478 e. The molecule has 7 heteroatoms. The third-order valence-electron chi connectivity index (χ3n) is 4.89. The van der Waals surface area contributed by atoms with Gasteiger partial charge in [-0.05, 0) is 34.9 Å². The Morgan fingerprint density at radius 1 is 0.967 bits per heavy atom. The molecule has 6 nitrogen and oxygen atoms in total. The Balaban J connectivity index is 1.70. The number of hydrogen-bond donors (Lipinski definition) is 1. The first-order valence-electron chi connectivity index (χ1n) is 9.35. The number of rotatable bonds is 6. The molecule has 0 aliphatic carbocycles. The summed E-state index contributed by atoms with van der Waals surface area (Å²) in [4.78, 5) is 16.0. The fraction of sp³-hybridized carbons (Fsp3) is 0.130. The topological polar surface area (TPSA) is 89.3 Å². The van der Waals surface area contributed by atoms with Crippen molar-refractivity contribution in [2.75, 3.05) is 6.26 Å². The summed E-state index contributed by atoms with van der Waals surface area (Å²) < 4.78 is 25.7. The molecule has 1 heterocycles. The maximum atomic E-state index is 11.9. The number of sulfone groups is 1. The van der Waals surface area contributed by atoms with Crippen molar-refractivity contribution in [3.8, 4) is 11.1 Å². The molecule has 0 aliphatic heterocycles. The lowest BCUT2D eigenvalue weighted by Gasteiger charge is -2.11. The molecule has 1 N–H and O–H groups in total. The minimum atomic E-state index is -3.23. The van der Waals surface area contributed by atoms with Gasteiger partial charge in [0.05, 0.1) is 16.6 Å². The minimum Gasteiger partial charge on any atom is -0.478 e. The molecule has 0 atom stereocenters. The van der Waals surface area contributed by atoms with Crippen LogP contribution in [0, 0.1) is 0 Å². The molecule has 0 fully saturated rings. The molecule has 0 radical (unpaired) electrons. The zero-order chi connectivity index (χ0) is 21.3. The van der Waals surface area contributed by atoms with E-state index in [1.807, 2.05) is 59.2 Å². The van der Waals surface area contributed by atoms with Crippen molar-refractivity contribution >= 4 is 26.8 Å². The highest BCUT2D eigenvalue weighted by atomic mass is 32.2. The molecule has 152 valence electrons. The number of aromatic nitrogens is 2. The minimum absolute atomic E-state index is 0.133. The molecule has 0 amide bonds. The van der Waals surface area contributed by atoms with Crippen molar-refractivity contribution in [3.63, 3.8) is 0 Å². The number of carbonyl (C=O) groups is 1. The lowest BCUT2D eigenvalue weighted by molar-refractivity contribution is 0.0697. The molecular formula is C23H20N2O4S. The van der Waals surface area contributed by atoms with Crippen LogP contribution < -0.4 is 0 Å². The van der Waals surface area contributed by atoms with Crippen LogP contribution in [0.15, 0.2) is 72.8 Å². The normalized spacial score (nSPS) is 11.6. The van der Waals surface area contributed by atoms with Gasteiger partial charge in [-0.25, -0.2) is 18.2 Å². The van der Waals surface area contributed by atoms with Gasteiger partial charge >= 0.3 is 5.97 Å². The van der Waals surface area contributed by atoms with Crippen LogP contribution in [-0.2, 0) is 22.1 Å². The molecule has 0 unspecified atom stereocenters. The van der Waals surface area contributed by atoms with E-state index in [1.165, 1.54) is 6.26 Å². The molecule has 0 saturated carbocycles. The number of carboxylic acid groups (broad SMARTS) is 1. The fourth-order valence-electron chi connectivity index (χ4n) is 3.54. The van der Waals surface area contributed by atoms with Gasteiger partial charge in [-0.15, -0.1) is 0 Å². The van der Waals surface area contributed by atoms with Crippen LogP contribution in [0.2, 0.25) is 0 Å². The standard InChI is InChI=1S/C23H20N2O4S/c1-30(28,29)15-22-24-20-8-4-5-9-21(20)25(22)14-16-10-12-17(13-11-16)18-6-2-3-7-19(18)23(26)27/h2-13H,14-15H2,1H3,(H,26,27). The number of nitrogens with zero attached hydrogens (tertiary/aromatic N) is 2. The molecule has 0 saturated heterocycles. The predicted molar refractivity (Wildman–Crippen MR) is 116 cm³/mol. The van der Waals surface area contributed by atoms with E-state index in [4.69, 9.17) is 0 Å². The summed E-state index contributed by atoms with van der Waals surface area (Å²) in [6.45, 7) is 0.465. The van der Waals surface area contributed by atoms with Gasteiger partial charge in [0.2, 0.25) is 0 Å². The molecule has 30 heavy (non-hydrogen) atoms. The van der Waals surface area contributed by atoms with Crippen LogP contribution in [0.3, 0.4) is 0 Å². The first-order chi connectivity index (χ1) is 14.3. The average Bonchev–Trinajstić information content (AvgIpc) is 3.04. The van der Waals surface area contributed by atoms with Gasteiger partial charge < -0.3 is 9.67 Å². The zero-order valence-electron chi connectivity index (χ0n) is 16.3. The molecule has 4 aromatic rings. The van der Waals surface area contributed by atoms with Crippen molar-refractivity contribution in [1.82, 2.24) is 9.55 Å². The number of hydrogen-bond acceptors (Lipinski definition) is 4. The number of imidazole rings is 1. The van der Waals surface area contributed by atoms with Crippen LogP contribution in [0.4, 0.5) is 0 Å². The lowest BCUT2D eigenvalue weighted by Crippen LogP contribution is -2.10. The summed E-state index contributed by atoms with van der Waals surface area (Å²) in [6, 6.07) is 22.1. The molecule has 0 aliphatic rings. The second kappa shape index (κ2) is 7.76. The van der Waals surface area contributed by atoms with Crippen molar-refractivity contribution in [3.05, 3.63) is 89.7 Å². The van der Waals surface area contributed by atoms with E-state index in [9.17, 15) is 18.3 Å². The van der Waals surface area contributed by atoms with E-state index in [-0.39, 0.29) is 11.3 Å². The Hall–Kier alpha value is -3.45. The summed E-state index contributed by atoms with van der Waals surface area (Å²) in [5.74, 6) is -0.602. The number of benzene rings is 3. The molecule has 0 spiro atoms. The van der Waals surface area contributed by atoms with Crippen molar-refractivity contribution in [2.45, 2.75) is 12.3 Å². The third kappa shape index (κ3) is 4.11. The summed E-state index contributed by atoms with van der Waals surface area (Å²) in [7, 11) is -3.23.